The van der Waals surface area contributed by atoms with Crippen molar-refractivity contribution in [2.45, 2.75) is 82.8 Å². The monoisotopic (exact) mass is 395 g/mol. The third-order valence-electron chi connectivity index (χ3n) is 5.86. The minimum atomic E-state index is -0.629. The smallest absolute Gasteiger partial charge is 0.359 e. The van der Waals surface area contributed by atoms with Crippen molar-refractivity contribution in [3.8, 4) is 6.07 Å². The fourth-order valence-corrected chi connectivity index (χ4v) is 4.31. The molecule has 29 heavy (non-hydrogen) atoms. The summed E-state index contributed by atoms with van der Waals surface area (Å²) >= 11 is 0. The highest BCUT2D eigenvalue weighted by Gasteiger charge is 2.50. The number of hydrogen-bond acceptors (Lipinski definition) is 5. The van der Waals surface area contributed by atoms with Crippen LogP contribution in [0.2, 0.25) is 0 Å². The molecule has 6 nitrogen and oxygen atoms in total. The molecule has 1 aliphatic carbocycles. The molecule has 0 N–H and O–H groups in total. The van der Waals surface area contributed by atoms with Crippen LogP contribution in [0.1, 0.15) is 87.8 Å². The molecule has 6 heteroatoms. The van der Waals surface area contributed by atoms with E-state index in [0.29, 0.717) is 11.5 Å². The van der Waals surface area contributed by atoms with Crippen LogP contribution in [0.15, 0.2) is 18.3 Å². The van der Waals surface area contributed by atoms with Crippen LogP contribution in [-0.2, 0) is 14.9 Å². The molecule has 1 aliphatic heterocycles. The number of carbonyl (C=O) groups excluding carboxylic acids is 1. The highest BCUT2D eigenvalue weighted by Crippen LogP contribution is 2.50. The first kappa shape index (κ1) is 19.9. The Balaban J connectivity index is 1.78. The molecule has 154 valence electrons. The van der Waals surface area contributed by atoms with Gasteiger partial charge in [-0.05, 0) is 77.8 Å². The van der Waals surface area contributed by atoms with Crippen molar-refractivity contribution >= 4 is 11.5 Å². The molecule has 0 aromatic carbocycles. The van der Waals surface area contributed by atoms with Crippen LogP contribution in [0.5, 0.6) is 0 Å². The third kappa shape index (κ3) is 3.76. The maximum atomic E-state index is 12.9. The number of aromatic nitrogens is 2. The quantitative estimate of drug-likeness (QED) is 0.714. The Kier molecular flexibility index (Phi) is 4.51. The second-order valence-electron chi connectivity index (χ2n) is 10.0. The minimum absolute atomic E-state index is 0.145. The number of rotatable bonds is 3. The van der Waals surface area contributed by atoms with Gasteiger partial charge in [-0.3, -0.25) is 0 Å². The maximum absolute atomic E-state index is 12.9. The van der Waals surface area contributed by atoms with E-state index in [2.05, 4.69) is 31.1 Å². The number of pyridine rings is 1. The fraction of sp³-hybridized carbons (Fsp3) is 0.609. The summed E-state index contributed by atoms with van der Waals surface area (Å²) < 4.78 is 13.2. The van der Waals surface area contributed by atoms with E-state index in [4.69, 9.17) is 9.47 Å². The Bertz CT molecular complexity index is 1000. The van der Waals surface area contributed by atoms with Crippen molar-refractivity contribution in [3.05, 3.63) is 35.2 Å². The van der Waals surface area contributed by atoms with Gasteiger partial charge in [0.1, 0.15) is 5.60 Å². The van der Waals surface area contributed by atoms with Crippen LogP contribution in [-0.4, -0.2) is 33.4 Å². The molecule has 2 aromatic rings. The summed E-state index contributed by atoms with van der Waals surface area (Å²) in [5.74, 6) is -0.0851. The van der Waals surface area contributed by atoms with Gasteiger partial charge in [0, 0.05) is 18.4 Å². The molecule has 2 aliphatic rings. The summed E-state index contributed by atoms with van der Waals surface area (Å²) in [7, 11) is 0. The average molecular weight is 396 g/mol. The molecule has 0 amide bonds. The van der Waals surface area contributed by atoms with E-state index in [-0.39, 0.29) is 11.3 Å². The van der Waals surface area contributed by atoms with E-state index >= 15 is 0 Å². The molecule has 3 heterocycles. The predicted molar refractivity (Wildman–Crippen MR) is 109 cm³/mol. The van der Waals surface area contributed by atoms with Gasteiger partial charge in [-0.2, -0.15) is 10.4 Å². The summed E-state index contributed by atoms with van der Waals surface area (Å²) in [5.41, 5.74) is 1.59. The molecule has 1 saturated carbocycles. The van der Waals surface area contributed by atoms with Gasteiger partial charge in [0.2, 0.25) is 0 Å². The maximum Gasteiger partial charge on any atom is 0.359 e. The molecule has 1 saturated heterocycles. The Hall–Kier alpha value is -2.39. The van der Waals surface area contributed by atoms with E-state index in [1.165, 1.54) is 5.56 Å². The number of fused-ring (bicyclic) bond motifs is 1. The highest BCUT2D eigenvalue weighted by molar-refractivity contribution is 5.93. The molecule has 0 bridgehead atoms. The molecular formula is C23H29N3O3. The summed E-state index contributed by atoms with van der Waals surface area (Å²) in [5, 5.41) is 14.4. The van der Waals surface area contributed by atoms with Crippen LogP contribution in [0.25, 0.3) is 5.52 Å². The van der Waals surface area contributed by atoms with Crippen molar-refractivity contribution in [1.29, 1.82) is 5.26 Å². The lowest BCUT2D eigenvalue weighted by Gasteiger charge is -2.35. The number of ether oxygens (including phenoxy) is 2. The van der Waals surface area contributed by atoms with Crippen LogP contribution in [0, 0.1) is 11.3 Å². The van der Waals surface area contributed by atoms with Gasteiger partial charge in [-0.1, -0.05) is 6.07 Å². The largest absolute Gasteiger partial charge is 0.455 e. The predicted octanol–water partition coefficient (Wildman–Crippen LogP) is 4.52. The summed E-state index contributed by atoms with van der Waals surface area (Å²) in [6.45, 7) is 10.5. The standard InChI is InChI=1S/C23H29N3O3/c1-21(2,3)29-20(27)19-18(23(14-24)9-10-23)17-7-6-16(13-26(17)25-19)15-8-11-28-22(4,5)12-15/h6-7,13,15H,8-12H2,1-5H3. The van der Waals surface area contributed by atoms with E-state index in [9.17, 15) is 10.1 Å². The SMILES string of the molecule is CC(C)(C)OC(=O)c1nn2cc(C3CCOC(C)(C)C3)ccc2c1C1(C#N)CC1. The topological polar surface area (TPSA) is 76.6 Å². The van der Waals surface area contributed by atoms with Gasteiger partial charge in [0.05, 0.1) is 22.6 Å². The molecular weight excluding hydrogens is 366 g/mol. The van der Waals surface area contributed by atoms with Crippen molar-refractivity contribution in [3.63, 3.8) is 0 Å². The van der Waals surface area contributed by atoms with Crippen molar-refractivity contribution < 1.29 is 14.3 Å². The number of hydrogen-bond donors (Lipinski definition) is 0. The first-order valence-corrected chi connectivity index (χ1v) is 10.3. The summed E-state index contributed by atoms with van der Waals surface area (Å²) in [6, 6.07) is 6.53. The van der Waals surface area contributed by atoms with E-state index < -0.39 is 17.0 Å². The zero-order chi connectivity index (χ0) is 21.0. The Labute approximate surface area is 171 Å². The van der Waals surface area contributed by atoms with Gasteiger partial charge in [-0.25, -0.2) is 9.31 Å². The lowest BCUT2D eigenvalue weighted by Crippen LogP contribution is -2.33. The molecule has 2 aromatic heterocycles. The van der Waals surface area contributed by atoms with E-state index in [0.717, 1.165) is 37.8 Å². The fourth-order valence-electron chi connectivity index (χ4n) is 4.31. The Morgan fingerprint density at radius 2 is 2.07 bits per heavy atom. The van der Waals surface area contributed by atoms with E-state index in [1.54, 1.807) is 4.52 Å². The van der Waals surface area contributed by atoms with Gasteiger partial charge in [0.25, 0.3) is 0 Å². The second kappa shape index (κ2) is 6.56. The van der Waals surface area contributed by atoms with Crippen LogP contribution in [0.3, 0.4) is 0 Å². The average Bonchev–Trinajstić information content (AvgIpc) is 3.31. The van der Waals surface area contributed by atoms with Crippen LogP contribution < -0.4 is 0 Å². The lowest BCUT2D eigenvalue weighted by molar-refractivity contribution is -0.0593. The number of nitrogens with zero attached hydrogens (tertiary/aromatic N) is 3. The summed E-state index contributed by atoms with van der Waals surface area (Å²) in [4.78, 5) is 12.9. The molecule has 1 unspecified atom stereocenters. The van der Waals surface area contributed by atoms with Gasteiger partial charge >= 0.3 is 5.97 Å². The Morgan fingerprint density at radius 1 is 1.34 bits per heavy atom. The third-order valence-corrected chi connectivity index (χ3v) is 5.86. The number of carbonyl (C=O) groups is 1. The molecule has 2 fully saturated rings. The lowest BCUT2D eigenvalue weighted by atomic mass is 9.84. The first-order valence-electron chi connectivity index (χ1n) is 10.3. The number of nitriles is 1. The van der Waals surface area contributed by atoms with Gasteiger partial charge in [-0.15, -0.1) is 0 Å². The second-order valence-corrected chi connectivity index (χ2v) is 10.0. The normalized spacial score (nSPS) is 22.8. The van der Waals surface area contributed by atoms with E-state index in [1.807, 2.05) is 33.0 Å². The first-order chi connectivity index (χ1) is 13.5. The molecule has 0 radical (unpaired) electrons. The van der Waals surface area contributed by atoms with Crippen LogP contribution in [0.4, 0.5) is 0 Å². The van der Waals surface area contributed by atoms with Crippen molar-refractivity contribution in [2.24, 2.45) is 0 Å². The minimum Gasteiger partial charge on any atom is -0.455 e. The zero-order valence-electron chi connectivity index (χ0n) is 17.9. The zero-order valence-corrected chi connectivity index (χ0v) is 17.9. The van der Waals surface area contributed by atoms with Crippen molar-refractivity contribution in [1.82, 2.24) is 9.61 Å². The molecule has 1 atom stereocenters. The molecule has 4 rings (SSSR count). The Morgan fingerprint density at radius 3 is 2.66 bits per heavy atom. The van der Waals surface area contributed by atoms with Crippen molar-refractivity contribution in [2.75, 3.05) is 6.61 Å². The van der Waals surface area contributed by atoms with Gasteiger partial charge < -0.3 is 9.47 Å². The number of esters is 1. The highest BCUT2D eigenvalue weighted by atomic mass is 16.6. The molecule has 0 spiro atoms. The summed E-state index contributed by atoms with van der Waals surface area (Å²) in [6.07, 6.45) is 5.40. The van der Waals surface area contributed by atoms with Crippen LogP contribution >= 0.6 is 0 Å². The van der Waals surface area contributed by atoms with Gasteiger partial charge in [0.15, 0.2) is 5.69 Å².